The Kier molecular flexibility index (Phi) is 7.18. The average molecular weight is 421 g/mol. The molecule has 0 aliphatic carbocycles. The Labute approximate surface area is 173 Å². The number of furan rings is 1. The highest BCUT2D eigenvalue weighted by molar-refractivity contribution is 7.90. The first-order valence-electron chi connectivity index (χ1n) is 10.3. The summed E-state index contributed by atoms with van der Waals surface area (Å²) in [5, 5.41) is 7.98. The summed E-state index contributed by atoms with van der Waals surface area (Å²) < 4.78 is 28.7. The van der Waals surface area contributed by atoms with Crippen LogP contribution in [-0.4, -0.2) is 63.5 Å². The molecule has 2 heterocycles. The van der Waals surface area contributed by atoms with E-state index < -0.39 is 9.84 Å². The molecule has 0 unspecified atom stereocenters. The van der Waals surface area contributed by atoms with E-state index in [-0.39, 0.29) is 5.75 Å². The Bertz CT molecular complexity index is 944. The highest BCUT2D eigenvalue weighted by atomic mass is 32.2. The Morgan fingerprint density at radius 1 is 1.28 bits per heavy atom. The fourth-order valence-electron chi connectivity index (χ4n) is 3.64. The molecule has 7 nitrogen and oxygen atoms in total. The highest BCUT2D eigenvalue weighted by Crippen LogP contribution is 2.25. The van der Waals surface area contributed by atoms with Gasteiger partial charge in [0.15, 0.2) is 5.96 Å². The van der Waals surface area contributed by atoms with Crippen LogP contribution in [0.4, 0.5) is 0 Å². The Morgan fingerprint density at radius 3 is 2.66 bits per heavy atom. The summed E-state index contributed by atoms with van der Waals surface area (Å²) in [6, 6.07) is 8.39. The minimum atomic E-state index is -2.91. The maximum atomic E-state index is 11.4. The zero-order valence-corrected chi connectivity index (χ0v) is 18.4. The largest absolute Gasteiger partial charge is 0.459 e. The molecule has 2 aromatic rings. The third-order valence-corrected chi connectivity index (χ3v) is 6.30. The normalized spacial score (nSPS) is 17.0. The average Bonchev–Trinajstić information content (AvgIpc) is 3.01. The molecule has 160 valence electrons. The molecule has 8 heteroatoms. The summed E-state index contributed by atoms with van der Waals surface area (Å²) in [5.74, 6) is 1.91. The molecule has 3 rings (SSSR count). The number of benzene rings is 1. The second kappa shape index (κ2) is 9.63. The number of nitrogens with one attached hydrogen (secondary N) is 2. The number of nitrogens with zero attached hydrogens (tertiary/aromatic N) is 2. The molecule has 1 aliphatic heterocycles. The summed E-state index contributed by atoms with van der Waals surface area (Å²) in [6.45, 7) is 7.82. The van der Waals surface area contributed by atoms with Crippen LogP contribution >= 0.6 is 0 Å². The van der Waals surface area contributed by atoms with Crippen LogP contribution in [0, 0.1) is 6.92 Å². The van der Waals surface area contributed by atoms with Crippen LogP contribution in [-0.2, 0) is 16.4 Å². The minimum Gasteiger partial charge on any atom is -0.459 e. The number of hydrogen-bond acceptors (Lipinski definition) is 5. The SMILES string of the molecule is CCNC(=NCc1oc2ccccc2c1C)NC1CCN(CCS(C)(=O)=O)CC1. The molecule has 0 amide bonds. The standard InChI is InChI=1S/C21H32N4O3S/c1-4-22-21(23-15-20-16(2)18-7-5-6-8-19(18)28-20)24-17-9-11-25(12-10-17)13-14-29(3,26)27/h5-8,17H,4,9-15H2,1-3H3,(H2,22,23,24). The molecule has 1 aliphatic rings. The summed E-state index contributed by atoms with van der Waals surface area (Å²) in [4.78, 5) is 6.95. The van der Waals surface area contributed by atoms with Gasteiger partial charge in [-0.1, -0.05) is 18.2 Å². The summed E-state index contributed by atoms with van der Waals surface area (Å²) in [6.07, 6.45) is 3.24. The van der Waals surface area contributed by atoms with Gasteiger partial charge < -0.3 is 20.0 Å². The lowest BCUT2D eigenvalue weighted by Gasteiger charge is -2.32. The summed E-state index contributed by atoms with van der Waals surface area (Å²) in [5.41, 5.74) is 2.04. The van der Waals surface area contributed by atoms with Gasteiger partial charge in [0.1, 0.15) is 27.7 Å². The van der Waals surface area contributed by atoms with Gasteiger partial charge in [-0.15, -0.1) is 0 Å². The highest BCUT2D eigenvalue weighted by Gasteiger charge is 2.21. The molecular formula is C21H32N4O3S. The predicted molar refractivity (Wildman–Crippen MR) is 118 cm³/mol. The van der Waals surface area contributed by atoms with Crippen LogP contribution < -0.4 is 10.6 Å². The first kappa shape index (κ1) is 21.6. The Morgan fingerprint density at radius 2 is 2.00 bits per heavy atom. The van der Waals surface area contributed by atoms with Crippen molar-refractivity contribution in [3.63, 3.8) is 0 Å². The van der Waals surface area contributed by atoms with E-state index in [0.717, 1.165) is 60.7 Å². The van der Waals surface area contributed by atoms with Gasteiger partial charge in [0.05, 0.1) is 5.75 Å². The topological polar surface area (TPSA) is 86.9 Å². The fraction of sp³-hybridized carbons (Fsp3) is 0.571. The quantitative estimate of drug-likeness (QED) is 0.528. The molecule has 0 saturated carbocycles. The maximum Gasteiger partial charge on any atom is 0.191 e. The minimum absolute atomic E-state index is 0.228. The molecule has 1 aromatic carbocycles. The van der Waals surface area contributed by atoms with Gasteiger partial charge >= 0.3 is 0 Å². The number of aliphatic imine (C=N–C) groups is 1. The second-order valence-corrected chi connectivity index (χ2v) is 9.99. The monoisotopic (exact) mass is 420 g/mol. The number of para-hydroxylation sites is 1. The van der Waals surface area contributed by atoms with E-state index in [2.05, 4.69) is 35.4 Å². The van der Waals surface area contributed by atoms with Gasteiger partial charge in [-0.2, -0.15) is 0 Å². The number of aryl methyl sites for hydroxylation is 1. The van der Waals surface area contributed by atoms with Crippen LogP contribution in [0.25, 0.3) is 11.0 Å². The van der Waals surface area contributed by atoms with Crippen LogP contribution in [0.15, 0.2) is 33.7 Å². The molecule has 1 aromatic heterocycles. The van der Waals surface area contributed by atoms with Crippen molar-refractivity contribution in [2.75, 3.05) is 38.2 Å². The van der Waals surface area contributed by atoms with E-state index in [4.69, 9.17) is 9.41 Å². The van der Waals surface area contributed by atoms with Gasteiger partial charge in [0.25, 0.3) is 0 Å². The summed E-state index contributed by atoms with van der Waals surface area (Å²) >= 11 is 0. The van der Waals surface area contributed by atoms with Crippen molar-refractivity contribution < 1.29 is 12.8 Å². The number of hydrogen-bond donors (Lipinski definition) is 2. The lowest BCUT2D eigenvalue weighted by molar-refractivity contribution is 0.216. The van der Waals surface area contributed by atoms with Crippen molar-refractivity contribution >= 4 is 26.8 Å². The number of sulfone groups is 1. The van der Waals surface area contributed by atoms with Crippen LogP contribution in [0.5, 0.6) is 0 Å². The van der Waals surface area contributed by atoms with Crippen molar-refractivity contribution in [1.29, 1.82) is 0 Å². The second-order valence-electron chi connectivity index (χ2n) is 7.73. The Hall–Kier alpha value is -2.06. The van der Waals surface area contributed by atoms with Crippen LogP contribution in [0.3, 0.4) is 0 Å². The number of guanidine groups is 1. The zero-order valence-electron chi connectivity index (χ0n) is 17.6. The van der Waals surface area contributed by atoms with Gasteiger partial charge in [0.2, 0.25) is 0 Å². The van der Waals surface area contributed by atoms with E-state index in [1.165, 1.54) is 6.26 Å². The molecule has 0 atom stereocenters. The van der Waals surface area contributed by atoms with Gasteiger partial charge in [-0.3, -0.25) is 0 Å². The number of fused-ring (bicyclic) bond motifs is 1. The molecular weight excluding hydrogens is 388 g/mol. The number of rotatable bonds is 7. The molecule has 0 bridgehead atoms. The lowest BCUT2D eigenvalue weighted by atomic mass is 10.1. The molecule has 1 saturated heterocycles. The molecule has 0 radical (unpaired) electrons. The third kappa shape index (κ3) is 6.21. The lowest BCUT2D eigenvalue weighted by Crippen LogP contribution is -2.49. The molecule has 0 spiro atoms. The molecule has 29 heavy (non-hydrogen) atoms. The van der Waals surface area contributed by atoms with Gasteiger partial charge in [-0.25, -0.2) is 13.4 Å². The summed E-state index contributed by atoms with van der Waals surface area (Å²) in [7, 11) is -2.91. The van der Waals surface area contributed by atoms with Crippen LogP contribution in [0.2, 0.25) is 0 Å². The fourth-order valence-corrected chi connectivity index (χ4v) is 4.23. The van der Waals surface area contributed by atoms with Crippen molar-refractivity contribution in [2.24, 2.45) is 4.99 Å². The smallest absolute Gasteiger partial charge is 0.191 e. The third-order valence-electron chi connectivity index (χ3n) is 5.37. The van der Waals surface area contributed by atoms with E-state index in [1.54, 1.807) is 0 Å². The van der Waals surface area contributed by atoms with Crippen molar-refractivity contribution in [3.8, 4) is 0 Å². The first-order chi connectivity index (χ1) is 13.9. The first-order valence-corrected chi connectivity index (χ1v) is 12.3. The molecule has 2 N–H and O–H groups in total. The van der Waals surface area contributed by atoms with Gasteiger partial charge in [-0.05, 0) is 32.8 Å². The van der Waals surface area contributed by atoms with Crippen molar-refractivity contribution in [3.05, 3.63) is 35.6 Å². The number of piperidine rings is 1. The van der Waals surface area contributed by atoms with Crippen molar-refractivity contribution in [2.45, 2.75) is 39.3 Å². The predicted octanol–water partition coefficient (Wildman–Crippen LogP) is 2.31. The zero-order chi connectivity index (χ0) is 20.9. The maximum absolute atomic E-state index is 11.4. The van der Waals surface area contributed by atoms with E-state index in [9.17, 15) is 8.42 Å². The molecule has 1 fully saturated rings. The van der Waals surface area contributed by atoms with Crippen molar-refractivity contribution in [1.82, 2.24) is 15.5 Å². The van der Waals surface area contributed by atoms with E-state index in [1.807, 2.05) is 18.2 Å². The Balaban J connectivity index is 1.56. The number of likely N-dealkylation sites (tertiary alicyclic amines) is 1. The van der Waals surface area contributed by atoms with E-state index in [0.29, 0.717) is 19.1 Å². The van der Waals surface area contributed by atoms with E-state index >= 15 is 0 Å². The van der Waals surface area contributed by atoms with Crippen LogP contribution in [0.1, 0.15) is 31.1 Å². The van der Waals surface area contributed by atoms with Gasteiger partial charge in [0, 0.05) is 49.4 Å².